The predicted molar refractivity (Wildman–Crippen MR) is 76.2 cm³/mol. The first-order valence-corrected chi connectivity index (χ1v) is 7.42. The molecule has 0 radical (unpaired) electrons. The Morgan fingerprint density at radius 2 is 2.11 bits per heavy atom. The molecule has 0 amide bonds. The topological polar surface area (TPSA) is 42.4 Å². The number of aliphatic hydroxyl groups excluding tert-OH is 1. The van der Waals surface area contributed by atoms with Gasteiger partial charge in [-0.15, -0.1) is 11.3 Å². The second-order valence-electron chi connectivity index (χ2n) is 5.71. The molecular formula is C14H25NO2S. The maximum absolute atomic E-state index is 10.1. The standard InChI is InChI=1S/C14H25NO2S/c1-6-7-11(17-5)10(16)8-13-15-12(9-18-13)14(2,3)4/h9-11,16H,6-8H2,1-5H3. The van der Waals surface area contributed by atoms with E-state index in [1.807, 2.05) is 0 Å². The fourth-order valence-electron chi connectivity index (χ4n) is 1.81. The Morgan fingerprint density at radius 1 is 1.44 bits per heavy atom. The van der Waals surface area contributed by atoms with Crippen molar-refractivity contribution in [2.45, 2.75) is 64.6 Å². The fourth-order valence-corrected chi connectivity index (χ4v) is 2.88. The molecule has 0 spiro atoms. The molecule has 0 aliphatic carbocycles. The lowest BCUT2D eigenvalue weighted by Gasteiger charge is -2.20. The summed E-state index contributed by atoms with van der Waals surface area (Å²) < 4.78 is 5.33. The Bertz CT molecular complexity index is 357. The third-order valence-corrected chi connectivity index (χ3v) is 3.88. The summed E-state index contributed by atoms with van der Waals surface area (Å²) >= 11 is 1.62. The van der Waals surface area contributed by atoms with E-state index < -0.39 is 6.10 Å². The molecule has 1 aromatic rings. The maximum atomic E-state index is 10.1. The molecule has 0 saturated carbocycles. The van der Waals surface area contributed by atoms with E-state index in [0.29, 0.717) is 6.42 Å². The molecule has 0 aliphatic heterocycles. The highest BCUT2D eigenvalue weighted by Gasteiger charge is 2.22. The molecule has 104 valence electrons. The van der Waals surface area contributed by atoms with Crippen molar-refractivity contribution in [3.63, 3.8) is 0 Å². The van der Waals surface area contributed by atoms with Crippen molar-refractivity contribution in [2.75, 3.05) is 7.11 Å². The average Bonchev–Trinajstić information content (AvgIpc) is 2.73. The van der Waals surface area contributed by atoms with Crippen LogP contribution in [0.3, 0.4) is 0 Å². The summed E-state index contributed by atoms with van der Waals surface area (Å²) in [6.45, 7) is 8.55. The molecule has 1 heterocycles. The first-order valence-electron chi connectivity index (χ1n) is 6.54. The molecule has 0 fully saturated rings. The van der Waals surface area contributed by atoms with Crippen molar-refractivity contribution < 1.29 is 9.84 Å². The Labute approximate surface area is 114 Å². The Balaban J connectivity index is 2.64. The molecule has 1 aromatic heterocycles. The van der Waals surface area contributed by atoms with Gasteiger partial charge >= 0.3 is 0 Å². The van der Waals surface area contributed by atoms with E-state index in [2.05, 4.69) is 38.1 Å². The Morgan fingerprint density at radius 3 is 2.56 bits per heavy atom. The molecule has 0 bridgehead atoms. The van der Waals surface area contributed by atoms with Gasteiger partial charge in [0.25, 0.3) is 0 Å². The van der Waals surface area contributed by atoms with Crippen molar-refractivity contribution in [3.05, 3.63) is 16.1 Å². The van der Waals surface area contributed by atoms with Crippen LogP contribution in [0.15, 0.2) is 5.38 Å². The van der Waals surface area contributed by atoms with Gasteiger partial charge < -0.3 is 9.84 Å². The third kappa shape index (κ3) is 4.34. The largest absolute Gasteiger partial charge is 0.390 e. The first-order chi connectivity index (χ1) is 8.38. The number of hydrogen-bond donors (Lipinski definition) is 1. The summed E-state index contributed by atoms with van der Waals surface area (Å²) in [6.07, 6.45) is 1.93. The molecule has 1 N–H and O–H groups in total. The van der Waals surface area contributed by atoms with Gasteiger partial charge in [-0.1, -0.05) is 34.1 Å². The first kappa shape index (κ1) is 15.6. The molecule has 4 heteroatoms. The molecule has 3 nitrogen and oxygen atoms in total. The highest BCUT2D eigenvalue weighted by atomic mass is 32.1. The van der Waals surface area contributed by atoms with Crippen LogP contribution in [-0.4, -0.2) is 29.4 Å². The van der Waals surface area contributed by atoms with E-state index in [0.717, 1.165) is 23.5 Å². The summed E-state index contributed by atoms with van der Waals surface area (Å²) in [4.78, 5) is 4.60. The number of aliphatic hydroxyl groups is 1. The zero-order chi connectivity index (χ0) is 13.8. The Hall–Kier alpha value is -0.450. The molecule has 18 heavy (non-hydrogen) atoms. The van der Waals surface area contributed by atoms with Crippen LogP contribution in [-0.2, 0) is 16.6 Å². The van der Waals surface area contributed by atoms with Gasteiger partial charge in [-0.25, -0.2) is 4.98 Å². The lowest BCUT2D eigenvalue weighted by atomic mass is 9.93. The quantitative estimate of drug-likeness (QED) is 0.864. The second kappa shape index (κ2) is 6.64. The van der Waals surface area contributed by atoms with Crippen LogP contribution in [0.2, 0.25) is 0 Å². The van der Waals surface area contributed by atoms with Crippen molar-refractivity contribution in [1.82, 2.24) is 4.98 Å². The van der Waals surface area contributed by atoms with Crippen LogP contribution in [0.4, 0.5) is 0 Å². The lowest BCUT2D eigenvalue weighted by molar-refractivity contribution is -0.0159. The second-order valence-corrected chi connectivity index (χ2v) is 6.65. The normalized spacial score (nSPS) is 15.7. The SMILES string of the molecule is CCCC(OC)C(O)Cc1nc(C(C)(C)C)cs1. The highest BCUT2D eigenvalue weighted by Crippen LogP contribution is 2.25. The molecule has 2 atom stereocenters. The van der Waals surface area contributed by atoms with Gasteiger partial charge in [0.1, 0.15) is 0 Å². The van der Waals surface area contributed by atoms with Gasteiger partial charge in [-0.05, 0) is 6.42 Å². The number of hydrogen-bond acceptors (Lipinski definition) is 4. The minimum absolute atomic E-state index is 0.0732. The van der Waals surface area contributed by atoms with E-state index in [4.69, 9.17) is 4.74 Å². The maximum Gasteiger partial charge on any atom is 0.0955 e. The van der Waals surface area contributed by atoms with E-state index >= 15 is 0 Å². The van der Waals surface area contributed by atoms with Gasteiger partial charge in [-0.2, -0.15) is 0 Å². The van der Waals surface area contributed by atoms with Crippen molar-refractivity contribution >= 4 is 11.3 Å². The number of nitrogens with zero attached hydrogens (tertiary/aromatic N) is 1. The summed E-state index contributed by atoms with van der Waals surface area (Å²) in [5.74, 6) is 0. The van der Waals surface area contributed by atoms with Crippen LogP contribution in [0.25, 0.3) is 0 Å². The average molecular weight is 271 g/mol. The van der Waals surface area contributed by atoms with Crippen LogP contribution >= 0.6 is 11.3 Å². The van der Waals surface area contributed by atoms with E-state index in [9.17, 15) is 5.11 Å². The van der Waals surface area contributed by atoms with Crippen molar-refractivity contribution in [2.24, 2.45) is 0 Å². The summed E-state index contributed by atoms with van der Waals surface area (Å²) in [6, 6.07) is 0. The minimum Gasteiger partial charge on any atom is -0.390 e. The lowest BCUT2D eigenvalue weighted by Crippen LogP contribution is -2.29. The molecule has 1 rings (SSSR count). The van der Waals surface area contributed by atoms with E-state index in [1.165, 1.54) is 0 Å². The number of thiazole rings is 1. The van der Waals surface area contributed by atoms with Crippen molar-refractivity contribution in [1.29, 1.82) is 0 Å². The number of rotatable bonds is 6. The molecule has 0 aromatic carbocycles. The monoisotopic (exact) mass is 271 g/mol. The summed E-state index contributed by atoms with van der Waals surface area (Å²) in [5.41, 5.74) is 1.17. The van der Waals surface area contributed by atoms with Gasteiger partial charge in [0.2, 0.25) is 0 Å². The molecule has 0 saturated heterocycles. The summed E-state index contributed by atoms with van der Waals surface area (Å²) in [5, 5.41) is 13.2. The predicted octanol–water partition coefficient (Wildman–Crippen LogP) is 3.16. The van der Waals surface area contributed by atoms with Gasteiger partial charge in [0, 0.05) is 24.3 Å². The number of methoxy groups -OCH3 is 1. The molecule has 2 unspecified atom stereocenters. The van der Waals surface area contributed by atoms with Crippen LogP contribution < -0.4 is 0 Å². The van der Waals surface area contributed by atoms with E-state index in [-0.39, 0.29) is 11.5 Å². The number of ether oxygens (including phenoxy) is 1. The minimum atomic E-state index is -0.464. The number of aromatic nitrogens is 1. The molecule has 0 aliphatic rings. The fraction of sp³-hybridized carbons (Fsp3) is 0.786. The van der Waals surface area contributed by atoms with Gasteiger partial charge in [-0.3, -0.25) is 0 Å². The highest BCUT2D eigenvalue weighted by molar-refractivity contribution is 7.09. The smallest absolute Gasteiger partial charge is 0.0955 e. The van der Waals surface area contributed by atoms with Crippen LogP contribution in [0.1, 0.15) is 51.2 Å². The molecular weight excluding hydrogens is 246 g/mol. The Kier molecular flexibility index (Phi) is 5.76. The summed E-state index contributed by atoms with van der Waals surface area (Å²) in [7, 11) is 1.66. The third-order valence-electron chi connectivity index (χ3n) is 3.01. The van der Waals surface area contributed by atoms with E-state index in [1.54, 1.807) is 18.4 Å². The van der Waals surface area contributed by atoms with Gasteiger partial charge in [0.15, 0.2) is 0 Å². The zero-order valence-electron chi connectivity index (χ0n) is 12.1. The van der Waals surface area contributed by atoms with Crippen LogP contribution in [0, 0.1) is 0 Å². The zero-order valence-corrected chi connectivity index (χ0v) is 12.9. The van der Waals surface area contributed by atoms with Gasteiger partial charge in [0.05, 0.1) is 22.9 Å². The van der Waals surface area contributed by atoms with Crippen molar-refractivity contribution in [3.8, 4) is 0 Å². The van der Waals surface area contributed by atoms with Crippen LogP contribution in [0.5, 0.6) is 0 Å².